The molecular weight excluding hydrogens is 455 g/mol. The minimum absolute atomic E-state index is 0. The summed E-state index contributed by atoms with van der Waals surface area (Å²) in [4.78, 5) is 10.3. The van der Waals surface area contributed by atoms with Gasteiger partial charge in [-0.2, -0.15) is 0 Å². The number of carbonyl (C=O) groups is 1. The normalized spacial score (nSPS) is 11.1. The monoisotopic (exact) mass is 490 g/mol. The van der Waals surface area contributed by atoms with Crippen molar-refractivity contribution in [3.8, 4) is 0 Å². The molecule has 0 amide bonds. The van der Waals surface area contributed by atoms with E-state index >= 15 is 0 Å². The standard InChI is InChI=1S/C18H32O2.Pb.2H/c1-2-3-4-5-6-7-8-9-10-11-12-13-14-15-16-17-18(19)20;;;/h6-7,9-10H,2-5,8,11-17H2,1H3,(H,19,20);;;/b7-6-,10-9-;;;. The fourth-order valence-corrected chi connectivity index (χ4v) is 2.09. The number of carboxylic acid groups (broad SMARTS) is 1. The Morgan fingerprint density at radius 2 is 1.33 bits per heavy atom. The average Bonchev–Trinajstić information content (AvgIpc) is 2.43. The third kappa shape index (κ3) is 22.3. The van der Waals surface area contributed by atoms with Crippen LogP contribution in [0.1, 0.15) is 84.0 Å². The summed E-state index contributed by atoms with van der Waals surface area (Å²) in [5.74, 6) is -0.671. The van der Waals surface area contributed by atoms with Crippen molar-refractivity contribution in [2.45, 2.75) is 84.0 Å². The third-order valence-electron chi connectivity index (χ3n) is 3.34. The SMILES string of the molecule is CCCCC/C=C\C/C=C\CCCCCCCC(=O)O.[PbH2]. The summed E-state index contributed by atoms with van der Waals surface area (Å²) in [6.45, 7) is 2.23. The summed E-state index contributed by atoms with van der Waals surface area (Å²) >= 11 is 0. The first-order valence-electron chi connectivity index (χ1n) is 8.29. The summed E-state index contributed by atoms with van der Waals surface area (Å²) in [6.07, 6.45) is 22.3. The predicted molar refractivity (Wildman–Crippen MR) is 95.5 cm³/mol. The Kier molecular flexibility index (Phi) is 21.9. The molecule has 0 rings (SSSR count). The number of allylic oxidation sites excluding steroid dienone is 4. The maximum atomic E-state index is 10.3. The summed E-state index contributed by atoms with van der Waals surface area (Å²) in [6, 6.07) is 0. The number of rotatable bonds is 14. The van der Waals surface area contributed by atoms with E-state index in [0.29, 0.717) is 6.42 Å². The topological polar surface area (TPSA) is 37.3 Å². The summed E-state index contributed by atoms with van der Waals surface area (Å²) in [7, 11) is 0. The fourth-order valence-electron chi connectivity index (χ4n) is 2.09. The Morgan fingerprint density at radius 3 is 1.90 bits per heavy atom. The Hall–Kier alpha value is -0.128. The van der Waals surface area contributed by atoms with Gasteiger partial charge in [0.05, 0.1) is 0 Å². The van der Waals surface area contributed by atoms with Gasteiger partial charge in [-0.3, -0.25) is 4.79 Å². The second kappa shape index (κ2) is 19.9. The second-order valence-electron chi connectivity index (χ2n) is 5.37. The molecule has 0 fully saturated rings. The van der Waals surface area contributed by atoms with Crippen LogP contribution in [0.15, 0.2) is 24.3 Å². The molecule has 0 saturated carbocycles. The van der Waals surface area contributed by atoms with Crippen LogP contribution in [-0.4, -0.2) is 38.4 Å². The van der Waals surface area contributed by atoms with Crippen molar-refractivity contribution < 1.29 is 9.90 Å². The number of carboxylic acids is 1. The Balaban J connectivity index is 0. The number of aliphatic carboxylic acids is 1. The van der Waals surface area contributed by atoms with Crippen molar-refractivity contribution in [3.63, 3.8) is 0 Å². The van der Waals surface area contributed by atoms with Crippen LogP contribution in [0.4, 0.5) is 0 Å². The van der Waals surface area contributed by atoms with Gasteiger partial charge in [0, 0.05) is 6.42 Å². The molecule has 0 atom stereocenters. The zero-order chi connectivity index (χ0) is 14.9. The first kappa shape index (κ1) is 23.1. The van der Waals surface area contributed by atoms with Crippen molar-refractivity contribution >= 4 is 33.3 Å². The van der Waals surface area contributed by atoms with E-state index in [1.807, 2.05) is 0 Å². The Labute approximate surface area is 151 Å². The van der Waals surface area contributed by atoms with E-state index < -0.39 is 5.97 Å². The van der Waals surface area contributed by atoms with Gasteiger partial charge in [-0.25, -0.2) is 0 Å². The van der Waals surface area contributed by atoms with Gasteiger partial charge >= 0.3 is 33.3 Å². The van der Waals surface area contributed by atoms with Crippen LogP contribution in [0.2, 0.25) is 0 Å². The van der Waals surface area contributed by atoms with Gasteiger partial charge < -0.3 is 5.11 Å². The van der Waals surface area contributed by atoms with E-state index in [2.05, 4.69) is 31.2 Å². The van der Waals surface area contributed by atoms with Crippen molar-refractivity contribution in [2.75, 3.05) is 0 Å². The second-order valence-corrected chi connectivity index (χ2v) is 5.37. The van der Waals surface area contributed by atoms with E-state index in [-0.39, 0.29) is 27.3 Å². The van der Waals surface area contributed by atoms with Crippen molar-refractivity contribution in [2.24, 2.45) is 0 Å². The van der Waals surface area contributed by atoms with Gasteiger partial charge in [0.1, 0.15) is 0 Å². The molecule has 0 unspecified atom stereocenters. The molecule has 0 aliphatic heterocycles. The van der Waals surface area contributed by atoms with Crippen LogP contribution < -0.4 is 0 Å². The Morgan fingerprint density at radius 1 is 0.810 bits per heavy atom. The van der Waals surface area contributed by atoms with Crippen LogP contribution in [0, 0.1) is 0 Å². The summed E-state index contributed by atoms with van der Waals surface area (Å²) in [5.41, 5.74) is 0. The number of unbranched alkanes of at least 4 members (excludes halogenated alkanes) is 8. The molecule has 0 heterocycles. The molecule has 122 valence electrons. The van der Waals surface area contributed by atoms with E-state index in [1.165, 1.54) is 44.9 Å². The van der Waals surface area contributed by atoms with Crippen LogP contribution in [0.5, 0.6) is 0 Å². The maximum absolute atomic E-state index is 10.3. The van der Waals surface area contributed by atoms with Crippen molar-refractivity contribution in [3.05, 3.63) is 24.3 Å². The van der Waals surface area contributed by atoms with E-state index in [1.54, 1.807) is 0 Å². The first-order chi connectivity index (χ1) is 9.77. The molecular formula is C18H34O2Pb. The van der Waals surface area contributed by atoms with Gasteiger partial charge in [0.2, 0.25) is 0 Å². The van der Waals surface area contributed by atoms with Gasteiger partial charge in [0.15, 0.2) is 0 Å². The molecule has 0 aromatic heterocycles. The van der Waals surface area contributed by atoms with E-state index in [0.717, 1.165) is 25.7 Å². The van der Waals surface area contributed by atoms with Crippen LogP contribution in [0.3, 0.4) is 0 Å². The van der Waals surface area contributed by atoms with Crippen LogP contribution >= 0.6 is 0 Å². The van der Waals surface area contributed by atoms with Gasteiger partial charge in [-0.05, 0) is 38.5 Å². The molecule has 0 aliphatic carbocycles. The molecule has 0 aromatic carbocycles. The van der Waals surface area contributed by atoms with Gasteiger partial charge in [-0.15, -0.1) is 0 Å². The van der Waals surface area contributed by atoms with E-state index in [4.69, 9.17) is 5.11 Å². The molecule has 2 nitrogen and oxygen atoms in total. The molecule has 2 radical (unpaired) electrons. The molecule has 3 heteroatoms. The van der Waals surface area contributed by atoms with Crippen molar-refractivity contribution in [1.29, 1.82) is 0 Å². The quantitative estimate of drug-likeness (QED) is 0.213. The Bertz CT molecular complexity index is 272. The molecule has 0 saturated heterocycles. The minimum atomic E-state index is -0.671. The van der Waals surface area contributed by atoms with Crippen molar-refractivity contribution in [1.82, 2.24) is 0 Å². The first-order valence-corrected chi connectivity index (χ1v) is 8.29. The zero-order valence-corrected chi connectivity index (χ0v) is 19.4. The van der Waals surface area contributed by atoms with Crippen LogP contribution in [-0.2, 0) is 4.79 Å². The molecule has 0 aromatic rings. The van der Waals surface area contributed by atoms with Crippen LogP contribution in [0.25, 0.3) is 0 Å². The fraction of sp³-hybridized carbons (Fsp3) is 0.722. The summed E-state index contributed by atoms with van der Waals surface area (Å²) in [5, 5.41) is 8.50. The van der Waals surface area contributed by atoms with E-state index in [9.17, 15) is 4.79 Å². The molecule has 21 heavy (non-hydrogen) atoms. The van der Waals surface area contributed by atoms with Gasteiger partial charge in [-0.1, -0.05) is 63.3 Å². The molecule has 1 N–H and O–H groups in total. The zero-order valence-electron chi connectivity index (χ0n) is 13.9. The molecule has 0 aliphatic rings. The van der Waals surface area contributed by atoms with Gasteiger partial charge in [0.25, 0.3) is 0 Å². The third-order valence-corrected chi connectivity index (χ3v) is 3.34. The number of hydrogen-bond acceptors (Lipinski definition) is 1. The molecule has 0 bridgehead atoms. The number of hydrogen-bond donors (Lipinski definition) is 1. The molecule has 0 spiro atoms. The average molecular weight is 490 g/mol. The summed E-state index contributed by atoms with van der Waals surface area (Å²) < 4.78 is 0. The predicted octanol–water partition coefficient (Wildman–Crippen LogP) is 4.97.